The highest BCUT2D eigenvalue weighted by atomic mass is 32.2. The number of nitrogens with zero attached hydrogens (tertiary/aromatic N) is 2. The van der Waals surface area contributed by atoms with Gasteiger partial charge in [0, 0.05) is 31.5 Å². The second-order valence-electron chi connectivity index (χ2n) is 4.27. The molecule has 0 radical (unpaired) electrons. The first kappa shape index (κ1) is 13.9. The van der Waals surface area contributed by atoms with Crippen LogP contribution in [0.3, 0.4) is 0 Å². The largest absolute Gasteiger partial charge is 0.397 e. The summed E-state index contributed by atoms with van der Waals surface area (Å²) in [6, 6.07) is 3.71. The monoisotopic (exact) mass is 257 g/mol. The fourth-order valence-electron chi connectivity index (χ4n) is 1.32. The maximum atomic E-state index is 11.0. The number of rotatable bonds is 6. The van der Waals surface area contributed by atoms with E-state index >= 15 is 0 Å². The molecule has 0 fully saturated rings. The normalized spacial score (nSPS) is 11.9. The lowest BCUT2D eigenvalue weighted by atomic mass is 10.2. The summed E-state index contributed by atoms with van der Waals surface area (Å²) in [6.07, 6.45) is 3.68. The molecule has 0 aliphatic rings. The zero-order valence-corrected chi connectivity index (χ0v) is 11.1. The van der Waals surface area contributed by atoms with Crippen LogP contribution in [0.1, 0.15) is 5.69 Å². The number of hydrogen-bond donors (Lipinski definition) is 1. The molecule has 0 unspecified atom stereocenters. The van der Waals surface area contributed by atoms with Crippen molar-refractivity contribution in [3.8, 4) is 0 Å². The Morgan fingerprint density at radius 2 is 2.06 bits per heavy atom. The van der Waals surface area contributed by atoms with Gasteiger partial charge in [0.2, 0.25) is 0 Å². The average Bonchev–Trinajstić information content (AvgIpc) is 2.25. The summed E-state index contributed by atoms with van der Waals surface area (Å²) in [5.74, 6) is 0.193. The quantitative estimate of drug-likeness (QED) is 0.787. The highest BCUT2D eigenvalue weighted by Gasteiger charge is 2.05. The Bertz CT molecular complexity index is 442. The molecular formula is C11H19N3O2S. The van der Waals surface area contributed by atoms with E-state index in [0.29, 0.717) is 12.2 Å². The first-order valence-electron chi connectivity index (χ1n) is 5.43. The van der Waals surface area contributed by atoms with E-state index in [1.165, 1.54) is 6.26 Å². The maximum Gasteiger partial charge on any atom is 0.148 e. The standard InChI is InChI=1S/C11H19N3O2S/c1-14(7-8-17(2,15)16)6-5-11-4-3-10(12)9-13-11/h3-4,9H,5-8,12H2,1-2H3. The number of anilines is 1. The third-order valence-corrected chi connectivity index (χ3v) is 3.37. The second-order valence-corrected chi connectivity index (χ2v) is 6.53. The van der Waals surface area contributed by atoms with Crippen LogP contribution < -0.4 is 5.73 Å². The van der Waals surface area contributed by atoms with Gasteiger partial charge in [-0.3, -0.25) is 4.98 Å². The summed E-state index contributed by atoms with van der Waals surface area (Å²) in [6.45, 7) is 1.33. The van der Waals surface area contributed by atoms with Crippen LogP contribution in [-0.2, 0) is 16.3 Å². The number of sulfone groups is 1. The lowest BCUT2D eigenvalue weighted by molar-refractivity contribution is 0.356. The third kappa shape index (κ3) is 6.23. The van der Waals surface area contributed by atoms with Crippen molar-refractivity contribution < 1.29 is 8.42 Å². The van der Waals surface area contributed by atoms with Gasteiger partial charge in [-0.1, -0.05) is 0 Å². The minimum atomic E-state index is -2.88. The van der Waals surface area contributed by atoms with E-state index in [0.717, 1.165) is 18.7 Å². The Labute approximate surface area is 103 Å². The van der Waals surface area contributed by atoms with Crippen molar-refractivity contribution in [2.45, 2.75) is 6.42 Å². The molecule has 1 heterocycles. The van der Waals surface area contributed by atoms with Crippen molar-refractivity contribution in [2.24, 2.45) is 0 Å². The molecule has 0 amide bonds. The van der Waals surface area contributed by atoms with Crippen LogP contribution in [0.5, 0.6) is 0 Å². The van der Waals surface area contributed by atoms with Crippen LogP contribution in [0.4, 0.5) is 5.69 Å². The first-order valence-corrected chi connectivity index (χ1v) is 7.49. The van der Waals surface area contributed by atoms with E-state index in [4.69, 9.17) is 5.73 Å². The molecule has 1 aromatic rings. The van der Waals surface area contributed by atoms with E-state index < -0.39 is 9.84 Å². The van der Waals surface area contributed by atoms with Gasteiger partial charge in [0.15, 0.2) is 0 Å². The topological polar surface area (TPSA) is 76.3 Å². The predicted octanol–water partition coefficient (Wildman–Crippen LogP) is 0.183. The molecule has 2 N–H and O–H groups in total. The summed E-state index contributed by atoms with van der Waals surface area (Å²) in [5.41, 5.74) is 7.15. The lowest BCUT2D eigenvalue weighted by Gasteiger charge is -2.15. The van der Waals surface area contributed by atoms with Gasteiger partial charge < -0.3 is 10.6 Å². The zero-order chi connectivity index (χ0) is 12.9. The number of likely N-dealkylation sites (N-methyl/N-ethyl adjacent to an activating group) is 1. The minimum absolute atomic E-state index is 0.193. The predicted molar refractivity (Wildman–Crippen MR) is 69.6 cm³/mol. The van der Waals surface area contributed by atoms with E-state index in [-0.39, 0.29) is 5.75 Å². The summed E-state index contributed by atoms with van der Waals surface area (Å²) in [7, 11) is -0.976. The summed E-state index contributed by atoms with van der Waals surface area (Å²) < 4.78 is 22.0. The Kier molecular flexibility index (Phi) is 4.89. The number of hydrogen-bond acceptors (Lipinski definition) is 5. The molecule has 0 atom stereocenters. The smallest absolute Gasteiger partial charge is 0.148 e. The third-order valence-electron chi connectivity index (χ3n) is 2.44. The Morgan fingerprint density at radius 1 is 1.35 bits per heavy atom. The van der Waals surface area contributed by atoms with Gasteiger partial charge in [0.25, 0.3) is 0 Å². The van der Waals surface area contributed by atoms with Crippen molar-refractivity contribution in [1.29, 1.82) is 0 Å². The maximum absolute atomic E-state index is 11.0. The highest BCUT2D eigenvalue weighted by Crippen LogP contribution is 2.02. The molecule has 0 aliphatic carbocycles. The number of nitrogens with two attached hydrogens (primary N) is 1. The Hall–Kier alpha value is -1.14. The van der Waals surface area contributed by atoms with E-state index in [2.05, 4.69) is 4.98 Å². The van der Waals surface area contributed by atoms with Crippen molar-refractivity contribution in [1.82, 2.24) is 9.88 Å². The lowest BCUT2D eigenvalue weighted by Crippen LogP contribution is -2.27. The second kappa shape index (κ2) is 5.97. The zero-order valence-electron chi connectivity index (χ0n) is 10.3. The van der Waals surface area contributed by atoms with E-state index in [9.17, 15) is 8.42 Å². The van der Waals surface area contributed by atoms with Crippen molar-refractivity contribution >= 4 is 15.5 Å². The minimum Gasteiger partial charge on any atom is -0.397 e. The van der Waals surface area contributed by atoms with E-state index in [1.54, 1.807) is 6.20 Å². The van der Waals surface area contributed by atoms with Crippen LogP contribution in [0.15, 0.2) is 18.3 Å². The molecule has 5 nitrogen and oxygen atoms in total. The number of aromatic nitrogens is 1. The molecule has 0 bridgehead atoms. The van der Waals surface area contributed by atoms with Crippen LogP contribution in [0.25, 0.3) is 0 Å². The molecule has 0 saturated carbocycles. The van der Waals surface area contributed by atoms with Crippen LogP contribution in [-0.4, -0.2) is 50.4 Å². The van der Waals surface area contributed by atoms with Gasteiger partial charge in [0.1, 0.15) is 9.84 Å². The summed E-state index contributed by atoms with van der Waals surface area (Å²) >= 11 is 0. The summed E-state index contributed by atoms with van der Waals surface area (Å²) in [5, 5.41) is 0. The van der Waals surface area contributed by atoms with Crippen molar-refractivity contribution in [2.75, 3.05) is 37.9 Å². The van der Waals surface area contributed by atoms with Crippen LogP contribution >= 0.6 is 0 Å². The van der Waals surface area contributed by atoms with Gasteiger partial charge in [-0.25, -0.2) is 8.42 Å². The molecule has 0 spiro atoms. The number of nitrogen functional groups attached to an aromatic ring is 1. The SMILES string of the molecule is CN(CCc1ccc(N)cn1)CCS(C)(=O)=O. The Morgan fingerprint density at radius 3 is 2.59 bits per heavy atom. The average molecular weight is 257 g/mol. The molecule has 6 heteroatoms. The molecule has 0 aliphatic heterocycles. The van der Waals surface area contributed by atoms with Crippen LogP contribution in [0, 0.1) is 0 Å². The first-order chi connectivity index (χ1) is 7.87. The van der Waals surface area contributed by atoms with Gasteiger partial charge in [-0.2, -0.15) is 0 Å². The van der Waals surface area contributed by atoms with Gasteiger partial charge in [-0.05, 0) is 19.2 Å². The molecule has 0 aromatic carbocycles. The number of pyridine rings is 1. The van der Waals surface area contributed by atoms with Crippen molar-refractivity contribution in [3.05, 3.63) is 24.0 Å². The molecule has 0 saturated heterocycles. The highest BCUT2D eigenvalue weighted by molar-refractivity contribution is 7.90. The van der Waals surface area contributed by atoms with E-state index in [1.807, 2.05) is 24.1 Å². The van der Waals surface area contributed by atoms with Gasteiger partial charge in [-0.15, -0.1) is 0 Å². The molecule has 17 heavy (non-hydrogen) atoms. The van der Waals surface area contributed by atoms with Crippen molar-refractivity contribution in [3.63, 3.8) is 0 Å². The fraction of sp³-hybridized carbons (Fsp3) is 0.545. The fourth-order valence-corrected chi connectivity index (χ4v) is 1.97. The van der Waals surface area contributed by atoms with Crippen LogP contribution in [0.2, 0.25) is 0 Å². The molecule has 1 rings (SSSR count). The molecule has 96 valence electrons. The van der Waals surface area contributed by atoms with Gasteiger partial charge in [0.05, 0.1) is 17.6 Å². The van der Waals surface area contributed by atoms with Gasteiger partial charge >= 0.3 is 0 Å². The Balaban J connectivity index is 2.33. The summed E-state index contributed by atoms with van der Waals surface area (Å²) in [4.78, 5) is 6.17. The molecular weight excluding hydrogens is 238 g/mol. The molecule has 1 aromatic heterocycles.